The molecule has 0 radical (unpaired) electrons. The highest BCUT2D eigenvalue weighted by atomic mass is 32.2. The lowest BCUT2D eigenvalue weighted by Crippen LogP contribution is -2.58. The first-order valence-corrected chi connectivity index (χ1v) is 13.0. The molecule has 36 heavy (non-hydrogen) atoms. The van der Waals surface area contributed by atoms with Crippen molar-refractivity contribution >= 4 is 35.5 Å². The van der Waals surface area contributed by atoms with Crippen LogP contribution in [0.25, 0.3) is 0 Å². The molecular weight excluding hydrogens is 490 g/mol. The Labute approximate surface area is 214 Å². The molecule has 0 aliphatic rings. The van der Waals surface area contributed by atoms with Gasteiger partial charge in [-0.1, -0.05) is 12.1 Å². The number of benzene rings is 1. The van der Waals surface area contributed by atoms with Gasteiger partial charge in [-0.2, -0.15) is 11.8 Å². The molecule has 0 aliphatic carbocycles. The number of amides is 3. The van der Waals surface area contributed by atoms with E-state index in [-0.39, 0.29) is 18.6 Å². The Hall–Kier alpha value is -2.87. The molecule has 202 valence electrons. The summed E-state index contributed by atoms with van der Waals surface area (Å²) in [5, 5.41) is 36.0. The second-order valence-corrected chi connectivity index (χ2v) is 9.23. The van der Waals surface area contributed by atoms with E-state index in [0.717, 1.165) is 0 Å². The van der Waals surface area contributed by atoms with Gasteiger partial charge in [0.15, 0.2) is 0 Å². The zero-order valence-electron chi connectivity index (χ0n) is 20.3. The maximum atomic E-state index is 13.0. The van der Waals surface area contributed by atoms with E-state index in [9.17, 15) is 34.5 Å². The molecule has 0 aliphatic heterocycles. The summed E-state index contributed by atoms with van der Waals surface area (Å²) in [6.45, 7) is -0.355. The fraction of sp³-hybridized carbons (Fsp3) is 0.565. The van der Waals surface area contributed by atoms with E-state index >= 15 is 0 Å². The Morgan fingerprint density at radius 2 is 1.50 bits per heavy atom. The Balaban J connectivity index is 3.00. The van der Waals surface area contributed by atoms with E-state index in [2.05, 4.69) is 16.0 Å². The smallest absolute Gasteiger partial charge is 0.326 e. The van der Waals surface area contributed by atoms with Gasteiger partial charge in [-0.15, -0.1) is 0 Å². The summed E-state index contributed by atoms with van der Waals surface area (Å²) in [6.07, 6.45) is 3.43. The number of nitrogens with two attached hydrogens (primary N) is 2. The number of nitrogens with one attached hydrogen (secondary N) is 3. The highest BCUT2D eigenvalue weighted by Gasteiger charge is 2.30. The van der Waals surface area contributed by atoms with Crippen LogP contribution in [0.15, 0.2) is 24.3 Å². The minimum absolute atomic E-state index is 0.00972. The third-order valence-electron chi connectivity index (χ3n) is 5.36. The number of carbonyl (C=O) groups is 4. The molecule has 10 N–H and O–H groups in total. The number of hydrogen-bond donors (Lipinski definition) is 8. The van der Waals surface area contributed by atoms with Crippen LogP contribution >= 0.6 is 11.8 Å². The average molecular weight is 528 g/mol. The van der Waals surface area contributed by atoms with Crippen molar-refractivity contribution in [2.24, 2.45) is 11.5 Å². The molecule has 4 unspecified atom stereocenters. The van der Waals surface area contributed by atoms with Crippen LogP contribution in [0.2, 0.25) is 0 Å². The number of carbonyl (C=O) groups excluding carboxylic acids is 3. The van der Waals surface area contributed by atoms with Gasteiger partial charge in [-0.25, -0.2) is 4.79 Å². The first-order valence-electron chi connectivity index (χ1n) is 11.6. The second kappa shape index (κ2) is 16.7. The maximum absolute atomic E-state index is 13.0. The molecular formula is C23H37N5O7S. The lowest BCUT2D eigenvalue weighted by Gasteiger charge is -2.24. The summed E-state index contributed by atoms with van der Waals surface area (Å²) in [5.74, 6) is -2.79. The number of aliphatic hydroxyl groups is 1. The van der Waals surface area contributed by atoms with Crippen LogP contribution < -0.4 is 27.4 Å². The molecule has 12 nitrogen and oxygen atoms in total. The molecule has 1 aromatic rings. The number of phenolic OH excluding ortho intramolecular Hbond substituents is 1. The van der Waals surface area contributed by atoms with Crippen molar-refractivity contribution in [3.8, 4) is 5.75 Å². The van der Waals surface area contributed by atoms with Gasteiger partial charge in [0.1, 0.15) is 23.9 Å². The predicted octanol–water partition coefficient (Wildman–Crippen LogP) is -1.32. The largest absolute Gasteiger partial charge is 0.508 e. The topological polar surface area (TPSA) is 217 Å². The van der Waals surface area contributed by atoms with Crippen molar-refractivity contribution in [1.82, 2.24) is 16.0 Å². The van der Waals surface area contributed by atoms with Gasteiger partial charge in [0.05, 0.1) is 12.6 Å². The number of aliphatic carboxylic acids is 1. The third kappa shape index (κ3) is 11.2. The Morgan fingerprint density at radius 3 is 2.06 bits per heavy atom. The van der Waals surface area contributed by atoms with Crippen molar-refractivity contribution in [3.05, 3.63) is 29.8 Å². The van der Waals surface area contributed by atoms with Crippen molar-refractivity contribution in [3.63, 3.8) is 0 Å². The van der Waals surface area contributed by atoms with E-state index in [0.29, 0.717) is 37.1 Å². The van der Waals surface area contributed by atoms with Crippen molar-refractivity contribution in [2.45, 2.75) is 56.3 Å². The Bertz CT molecular complexity index is 856. The second-order valence-electron chi connectivity index (χ2n) is 8.25. The molecule has 13 heteroatoms. The van der Waals surface area contributed by atoms with Crippen LogP contribution in [-0.4, -0.2) is 88.3 Å². The number of phenols is 1. The zero-order chi connectivity index (χ0) is 27.1. The number of thioether (sulfide) groups is 1. The van der Waals surface area contributed by atoms with E-state index in [1.807, 2.05) is 6.26 Å². The molecule has 0 bridgehead atoms. The summed E-state index contributed by atoms with van der Waals surface area (Å²) in [6, 6.07) is 1.26. The van der Waals surface area contributed by atoms with Gasteiger partial charge in [0.25, 0.3) is 0 Å². The van der Waals surface area contributed by atoms with E-state index in [1.165, 1.54) is 23.9 Å². The summed E-state index contributed by atoms with van der Waals surface area (Å²) in [4.78, 5) is 49.8. The summed E-state index contributed by atoms with van der Waals surface area (Å²) >= 11 is 1.51. The molecule has 3 amide bonds. The molecule has 0 saturated carbocycles. The van der Waals surface area contributed by atoms with E-state index in [1.54, 1.807) is 12.1 Å². The molecule has 1 aromatic carbocycles. The molecule has 0 aromatic heterocycles. The predicted molar refractivity (Wildman–Crippen MR) is 136 cm³/mol. The van der Waals surface area contributed by atoms with Gasteiger partial charge in [0, 0.05) is 6.42 Å². The molecule has 0 spiro atoms. The van der Waals surface area contributed by atoms with Crippen LogP contribution in [0.1, 0.15) is 31.2 Å². The van der Waals surface area contributed by atoms with Crippen molar-refractivity contribution in [2.75, 3.05) is 25.2 Å². The van der Waals surface area contributed by atoms with Crippen LogP contribution in [-0.2, 0) is 25.6 Å². The molecule has 0 fully saturated rings. The molecule has 4 atom stereocenters. The minimum Gasteiger partial charge on any atom is -0.508 e. The first kappa shape index (κ1) is 31.2. The van der Waals surface area contributed by atoms with Crippen LogP contribution in [0, 0.1) is 0 Å². The summed E-state index contributed by atoms with van der Waals surface area (Å²) < 4.78 is 0. The van der Waals surface area contributed by atoms with Gasteiger partial charge in [0.2, 0.25) is 17.7 Å². The Morgan fingerprint density at radius 1 is 0.917 bits per heavy atom. The average Bonchev–Trinajstić information content (AvgIpc) is 2.85. The van der Waals surface area contributed by atoms with Crippen LogP contribution in [0.3, 0.4) is 0 Å². The Kier molecular flexibility index (Phi) is 14.5. The number of hydrogen-bond acceptors (Lipinski definition) is 9. The number of carboxylic acids is 1. The molecule has 1 rings (SSSR count). The molecule has 0 heterocycles. The number of aromatic hydroxyl groups is 1. The number of unbranched alkanes of at least 4 members (excludes halogenated alkanes) is 1. The minimum atomic E-state index is -1.37. The van der Waals surface area contributed by atoms with Gasteiger partial charge in [-0.05, 0) is 61.9 Å². The SMILES string of the molecule is CSCCC(N)C(=O)NC(CO)C(=O)NC(Cc1ccc(O)cc1)C(=O)NC(CCCCN)C(=O)O. The van der Waals surface area contributed by atoms with Crippen LogP contribution in [0.5, 0.6) is 5.75 Å². The third-order valence-corrected chi connectivity index (χ3v) is 6.00. The fourth-order valence-corrected chi connectivity index (χ4v) is 3.71. The lowest BCUT2D eigenvalue weighted by atomic mass is 10.0. The highest BCUT2D eigenvalue weighted by Crippen LogP contribution is 2.12. The fourth-order valence-electron chi connectivity index (χ4n) is 3.22. The van der Waals surface area contributed by atoms with E-state index < -0.39 is 54.5 Å². The lowest BCUT2D eigenvalue weighted by molar-refractivity contribution is -0.142. The number of aliphatic hydroxyl groups excluding tert-OH is 1. The highest BCUT2D eigenvalue weighted by molar-refractivity contribution is 7.98. The van der Waals surface area contributed by atoms with Gasteiger partial charge >= 0.3 is 5.97 Å². The summed E-state index contributed by atoms with van der Waals surface area (Å²) in [5.41, 5.74) is 11.8. The normalized spacial score (nSPS) is 14.2. The summed E-state index contributed by atoms with van der Waals surface area (Å²) in [7, 11) is 0. The number of rotatable bonds is 17. The number of carboxylic acid groups (broad SMARTS) is 1. The van der Waals surface area contributed by atoms with Crippen molar-refractivity contribution in [1.29, 1.82) is 0 Å². The standard InChI is InChI=1S/C23H37N5O7S/c1-36-11-9-16(25)20(31)28-19(13-29)22(33)27-18(12-14-5-7-15(30)8-6-14)21(32)26-17(23(34)35)4-2-3-10-24/h5-8,16-19,29-30H,2-4,9-13,24-25H2,1H3,(H,26,32)(H,27,33)(H,28,31)(H,34,35). The monoisotopic (exact) mass is 527 g/mol. The van der Waals surface area contributed by atoms with Crippen molar-refractivity contribution < 1.29 is 34.5 Å². The van der Waals surface area contributed by atoms with E-state index in [4.69, 9.17) is 11.5 Å². The van der Waals surface area contributed by atoms with Gasteiger partial charge < -0.3 is 42.7 Å². The van der Waals surface area contributed by atoms with Crippen LogP contribution in [0.4, 0.5) is 0 Å². The maximum Gasteiger partial charge on any atom is 0.326 e. The van der Waals surface area contributed by atoms with Gasteiger partial charge in [-0.3, -0.25) is 14.4 Å². The molecule has 0 saturated heterocycles. The zero-order valence-corrected chi connectivity index (χ0v) is 21.1. The first-order chi connectivity index (χ1) is 17.1. The quantitative estimate of drug-likeness (QED) is 0.112.